The van der Waals surface area contributed by atoms with Crippen LogP contribution >= 0.6 is 27.5 Å². The first kappa shape index (κ1) is 13.7. The number of carbonyl (C=O) groups is 1. The number of ether oxygens (including phenoxy) is 1. The molecule has 1 aromatic rings. The van der Waals surface area contributed by atoms with Crippen molar-refractivity contribution in [3.63, 3.8) is 0 Å². The van der Waals surface area contributed by atoms with Crippen LogP contribution in [-0.2, 0) is 0 Å². The highest BCUT2D eigenvalue weighted by Crippen LogP contribution is 2.27. The molecule has 18 heavy (non-hydrogen) atoms. The standard InChI is InChI=1S/C13H15BrClNO2/c1-18-12-6-10(14)2-3-11(12)13(17)16-5-4-9(7-15)8-16/h2-3,6,9H,4-5,7-8H2,1H3. The predicted octanol–water partition coefficient (Wildman–Crippen LogP) is 3.16. The second-order valence-electron chi connectivity index (χ2n) is 4.40. The Labute approximate surface area is 120 Å². The van der Waals surface area contributed by atoms with E-state index >= 15 is 0 Å². The van der Waals surface area contributed by atoms with E-state index in [1.54, 1.807) is 13.2 Å². The summed E-state index contributed by atoms with van der Waals surface area (Å²) in [6, 6.07) is 5.45. The van der Waals surface area contributed by atoms with Crippen molar-refractivity contribution in [1.29, 1.82) is 0 Å². The number of hydrogen-bond donors (Lipinski definition) is 0. The van der Waals surface area contributed by atoms with Gasteiger partial charge in [0.1, 0.15) is 5.75 Å². The molecule has 0 radical (unpaired) electrons. The van der Waals surface area contributed by atoms with Crippen molar-refractivity contribution in [2.45, 2.75) is 6.42 Å². The van der Waals surface area contributed by atoms with E-state index in [1.165, 1.54) is 0 Å². The van der Waals surface area contributed by atoms with Crippen LogP contribution < -0.4 is 4.74 Å². The van der Waals surface area contributed by atoms with Crippen molar-refractivity contribution >= 4 is 33.4 Å². The van der Waals surface area contributed by atoms with E-state index in [-0.39, 0.29) is 5.91 Å². The Morgan fingerprint density at radius 3 is 3.00 bits per heavy atom. The largest absolute Gasteiger partial charge is 0.496 e. The van der Waals surface area contributed by atoms with Gasteiger partial charge in [-0.25, -0.2) is 0 Å². The van der Waals surface area contributed by atoms with Crippen molar-refractivity contribution in [3.05, 3.63) is 28.2 Å². The summed E-state index contributed by atoms with van der Waals surface area (Å²) in [6.45, 7) is 1.51. The smallest absolute Gasteiger partial charge is 0.257 e. The summed E-state index contributed by atoms with van der Waals surface area (Å²) in [5.41, 5.74) is 0.607. The lowest BCUT2D eigenvalue weighted by atomic mass is 10.1. The van der Waals surface area contributed by atoms with Crippen molar-refractivity contribution in [2.24, 2.45) is 5.92 Å². The number of methoxy groups -OCH3 is 1. The van der Waals surface area contributed by atoms with Crippen molar-refractivity contribution in [3.8, 4) is 5.75 Å². The molecule has 98 valence electrons. The third kappa shape index (κ3) is 2.81. The SMILES string of the molecule is COc1cc(Br)ccc1C(=O)N1CCC(CCl)C1. The maximum atomic E-state index is 12.4. The number of hydrogen-bond acceptors (Lipinski definition) is 2. The molecular weight excluding hydrogens is 318 g/mol. The third-order valence-electron chi connectivity index (χ3n) is 3.19. The summed E-state index contributed by atoms with van der Waals surface area (Å²) < 4.78 is 6.16. The Hall–Kier alpha value is -0.740. The van der Waals surface area contributed by atoms with E-state index in [0.29, 0.717) is 23.1 Å². The number of carbonyl (C=O) groups excluding carboxylic acids is 1. The van der Waals surface area contributed by atoms with Gasteiger partial charge in [-0.2, -0.15) is 0 Å². The van der Waals surface area contributed by atoms with Crippen molar-refractivity contribution in [2.75, 3.05) is 26.1 Å². The summed E-state index contributed by atoms with van der Waals surface area (Å²) in [6.07, 6.45) is 0.980. The molecule has 3 nitrogen and oxygen atoms in total. The van der Waals surface area contributed by atoms with E-state index in [1.807, 2.05) is 17.0 Å². The maximum absolute atomic E-state index is 12.4. The van der Waals surface area contributed by atoms with Gasteiger partial charge in [-0.1, -0.05) is 15.9 Å². The Balaban J connectivity index is 2.19. The van der Waals surface area contributed by atoms with Crippen LogP contribution in [0.2, 0.25) is 0 Å². The second-order valence-corrected chi connectivity index (χ2v) is 5.63. The molecule has 5 heteroatoms. The van der Waals surface area contributed by atoms with E-state index in [4.69, 9.17) is 16.3 Å². The van der Waals surface area contributed by atoms with E-state index in [9.17, 15) is 4.79 Å². The van der Waals surface area contributed by atoms with Gasteiger partial charge >= 0.3 is 0 Å². The van der Waals surface area contributed by atoms with Crippen LogP contribution in [-0.4, -0.2) is 36.9 Å². The first-order valence-corrected chi connectivity index (χ1v) is 7.17. The highest BCUT2D eigenvalue weighted by atomic mass is 79.9. The fourth-order valence-corrected chi connectivity index (χ4v) is 2.75. The van der Waals surface area contributed by atoms with Crippen LogP contribution in [0.25, 0.3) is 0 Å². The van der Waals surface area contributed by atoms with Crippen LogP contribution in [0.5, 0.6) is 5.75 Å². The molecule has 1 heterocycles. The van der Waals surface area contributed by atoms with E-state index < -0.39 is 0 Å². The van der Waals surface area contributed by atoms with Gasteiger partial charge in [0.2, 0.25) is 0 Å². The van der Waals surface area contributed by atoms with Gasteiger partial charge in [-0.05, 0) is 30.5 Å². The summed E-state index contributed by atoms with van der Waals surface area (Å²) in [7, 11) is 1.57. The topological polar surface area (TPSA) is 29.5 Å². The highest BCUT2D eigenvalue weighted by molar-refractivity contribution is 9.10. The lowest BCUT2D eigenvalue weighted by molar-refractivity contribution is 0.0785. The monoisotopic (exact) mass is 331 g/mol. The first-order chi connectivity index (χ1) is 8.65. The van der Waals surface area contributed by atoms with Crippen LogP contribution in [0, 0.1) is 5.92 Å². The summed E-state index contributed by atoms with van der Waals surface area (Å²) in [5.74, 6) is 1.65. The van der Waals surface area contributed by atoms with Crippen LogP contribution in [0.3, 0.4) is 0 Å². The number of alkyl halides is 1. The lowest BCUT2D eigenvalue weighted by Gasteiger charge is -2.18. The summed E-state index contributed by atoms with van der Waals surface area (Å²) >= 11 is 9.20. The molecule has 1 aliphatic heterocycles. The Morgan fingerprint density at radius 2 is 2.39 bits per heavy atom. The lowest BCUT2D eigenvalue weighted by Crippen LogP contribution is -2.29. The predicted molar refractivity (Wildman–Crippen MR) is 75.4 cm³/mol. The normalized spacial score (nSPS) is 19.1. The molecule has 1 atom stereocenters. The summed E-state index contributed by atoms with van der Waals surface area (Å²) in [4.78, 5) is 14.2. The van der Waals surface area contributed by atoms with Crippen LogP contribution in [0.15, 0.2) is 22.7 Å². The molecule has 0 aromatic heterocycles. The average Bonchev–Trinajstić information content (AvgIpc) is 2.86. The molecule has 1 aromatic carbocycles. The maximum Gasteiger partial charge on any atom is 0.257 e. The van der Waals surface area contributed by atoms with Gasteiger partial charge in [0.15, 0.2) is 0 Å². The minimum Gasteiger partial charge on any atom is -0.496 e. The summed E-state index contributed by atoms with van der Waals surface area (Å²) in [5, 5.41) is 0. The van der Waals surface area contributed by atoms with Crippen LogP contribution in [0.4, 0.5) is 0 Å². The number of amides is 1. The fourth-order valence-electron chi connectivity index (χ4n) is 2.16. The number of nitrogens with zero attached hydrogens (tertiary/aromatic N) is 1. The fraction of sp³-hybridized carbons (Fsp3) is 0.462. The van der Waals surface area contributed by atoms with Gasteiger partial charge in [0.05, 0.1) is 12.7 Å². The quantitative estimate of drug-likeness (QED) is 0.796. The Morgan fingerprint density at radius 1 is 1.61 bits per heavy atom. The molecule has 1 saturated heterocycles. The van der Waals surface area contributed by atoms with E-state index in [0.717, 1.165) is 24.0 Å². The second kappa shape index (κ2) is 5.93. The third-order valence-corrected chi connectivity index (χ3v) is 4.11. The molecule has 0 spiro atoms. The minimum atomic E-state index is 0.0203. The molecule has 1 aliphatic rings. The number of likely N-dealkylation sites (tertiary alicyclic amines) is 1. The van der Waals surface area contributed by atoms with Gasteiger partial charge in [-0.15, -0.1) is 11.6 Å². The highest BCUT2D eigenvalue weighted by Gasteiger charge is 2.27. The molecule has 2 rings (SSSR count). The molecular formula is C13H15BrClNO2. The molecule has 0 saturated carbocycles. The van der Waals surface area contributed by atoms with E-state index in [2.05, 4.69) is 15.9 Å². The molecule has 1 unspecified atom stereocenters. The molecule has 0 N–H and O–H groups in total. The zero-order valence-corrected chi connectivity index (χ0v) is 12.5. The first-order valence-electron chi connectivity index (χ1n) is 5.84. The molecule has 1 amide bonds. The zero-order valence-electron chi connectivity index (χ0n) is 10.2. The van der Waals surface area contributed by atoms with Crippen molar-refractivity contribution in [1.82, 2.24) is 4.90 Å². The van der Waals surface area contributed by atoms with Crippen molar-refractivity contribution < 1.29 is 9.53 Å². The Kier molecular flexibility index (Phi) is 4.51. The van der Waals surface area contributed by atoms with Gasteiger partial charge in [-0.3, -0.25) is 4.79 Å². The zero-order chi connectivity index (χ0) is 13.1. The molecule has 0 bridgehead atoms. The van der Waals surface area contributed by atoms with Gasteiger partial charge in [0, 0.05) is 23.4 Å². The molecule has 1 fully saturated rings. The number of benzene rings is 1. The average molecular weight is 333 g/mol. The van der Waals surface area contributed by atoms with Crippen LogP contribution in [0.1, 0.15) is 16.8 Å². The van der Waals surface area contributed by atoms with Gasteiger partial charge in [0.25, 0.3) is 5.91 Å². The van der Waals surface area contributed by atoms with Gasteiger partial charge < -0.3 is 9.64 Å². The number of rotatable bonds is 3. The Bertz CT molecular complexity index is 453. The number of halogens is 2. The minimum absolute atomic E-state index is 0.0203. The molecule has 0 aliphatic carbocycles.